The summed E-state index contributed by atoms with van der Waals surface area (Å²) in [5.74, 6) is 2.59. The minimum absolute atomic E-state index is 0.568. The first-order valence-corrected chi connectivity index (χ1v) is 14.5. The topological polar surface area (TPSA) is 69.6 Å². The van der Waals surface area contributed by atoms with Gasteiger partial charge in [0.15, 0.2) is 23.1 Å². The van der Waals surface area contributed by atoms with Gasteiger partial charge in [0.05, 0.1) is 11.0 Å². The van der Waals surface area contributed by atoms with Crippen LogP contribution in [-0.2, 0) is 0 Å². The third kappa shape index (κ3) is 3.82. The number of furan rings is 1. The molecular weight excluding hydrogens is 542 g/mol. The summed E-state index contributed by atoms with van der Waals surface area (Å²) in [6, 6.07) is 44.9. The lowest BCUT2D eigenvalue weighted by molar-refractivity contribution is 0.671. The van der Waals surface area contributed by atoms with Crippen molar-refractivity contribution in [2.24, 2.45) is 0 Å². The van der Waals surface area contributed by atoms with E-state index in [0.29, 0.717) is 17.5 Å². The highest BCUT2D eigenvalue weighted by atomic mass is 16.3. The maximum atomic E-state index is 6.49. The highest BCUT2D eigenvalue weighted by Gasteiger charge is 2.20. The molecule has 9 rings (SSSR count). The average Bonchev–Trinajstić information content (AvgIpc) is 3.65. The molecule has 9 aromatic rings. The predicted molar refractivity (Wildman–Crippen MR) is 176 cm³/mol. The third-order valence-corrected chi connectivity index (χ3v) is 8.11. The zero-order valence-electron chi connectivity index (χ0n) is 23.4. The second kappa shape index (κ2) is 9.71. The van der Waals surface area contributed by atoms with Gasteiger partial charge in [0.1, 0.15) is 11.4 Å². The van der Waals surface area contributed by atoms with E-state index in [2.05, 4.69) is 47.0 Å². The Bertz CT molecular complexity index is 2420. The first-order valence-electron chi connectivity index (χ1n) is 14.5. The van der Waals surface area contributed by atoms with E-state index in [1.165, 1.54) is 0 Å². The molecule has 0 aliphatic heterocycles. The van der Waals surface area contributed by atoms with Crippen LogP contribution >= 0.6 is 0 Å². The van der Waals surface area contributed by atoms with Gasteiger partial charge in [0.25, 0.3) is 0 Å². The minimum Gasteiger partial charge on any atom is -0.454 e. The van der Waals surface area contributed by atoms with Crippen LogP contribution in [0.1, 0.15) is 0 Å². The Morgan fingerprint density at radius 2 is 1.05 bits per heavy atom. The second-order valence-corrected chi connectivity index (χ2v) is 10.7. The molecule has 4 heterocycles. The van der Waals surface area contributed by atoms with Gasteiger partial charge >= 0.3 is 0 Å². The molecule has 0 aliphatic carbocycles. The molecule has 0 amide bonds. The van der Waals surface area contributed by atoms with Gasteiger partial charge < -0.3 is 4.42 Å². The van der Waals surface area contributed by atoms with Gasteiger partial charge in [0.2, 0.25) is 0 Å². The molecule has 44 heavy (non-hydrogen) atoms. The first-order chi connectivity index (χ1) is 21.8. The Balaban J connectivity index is 1.24. The molecule has 0 saturated heterocycles. The van der Waals surface area contributed by atoms with Crippen LogP contribution in [0.3, 0.4) is 0 Å². The monoisotopic (exact) mass is 565 g/mol. The number of aromatic nitrogens is 5. The number of nitrogens with zero attached hydrogens (tertiary/aromatic N) is 5. The Hall–Kier alpha value is -6.14. The van der Waals surface area contributed by atoms with Crippen molar-refractivity contribution in [3.63, 3.8) is 0 Å². The van der Waals surface area contributed by atoms with Crippen molar-refractivity contribution >= 4 is 43.7 Å². The fraction of sp³-hybridized carbons (Fsp3) is 0. The molecule has 0 spiro atoms. The number of hydrogen-bond acceptors (Lipinski definition) is 5. The van der Waals surface area contributed by atoms with E-state index in [-0.39, 0.29) is 0 Å². The number of pyridine rings is 1. The maximum absolute atomic E-state index is 6.49. The smallest absolute Gasteiger partial charge is 0.165 e. The standard InChI is InChI=1S/C38H23N5O/c1-3-11-24(12-4-1)36-40-37(25-13-5-2-6-14-25)42-38(41-36)26-19-22-33(39-23-26)43-31-17-9-7-15-27(31)29-20-21-30-28-16-8-10-18-32(28)44-35(30)34(29)43/h1-23H. The Morgan fingerprint density at radius 3 is 1.73 bits per heavy atom. The van der Waals surface area contributed by atoms with Gasteiger partial charge in [-0.3, -0.25) is 4.57 Å². The lowest BCUT2D eigenvalue weighted by atomic mass is 10.1. The Morgan fingerprint density at radius 1 is 0.455 bits per heavy atom. The summed E-state index contributed by atoms with van der Waals surface area (Å²) in [6.45, 7) is 0. The summed E-state index contributed by atoms with van der Waals surface area (Å²) in [5, 5.41) is 4.45. The van der Waals surface area contributed by atoms with Gasteiger partial charge in [-0.15, -0.1) is 0 Å². The van der Waals surface area contributed by atoms with Crippen LogP contribution in [0.5, 0.6) is 0 Å². The molecule has 0 bridgehead atoms. The zero-order chi connectivity index (χ0) is 29.0. The van der Waals surface area contributed by atoms with Gasteiger partial charge in [-0.2, -0.15) is 0 Å². The Labute approximate surface area is 251 Å². The van der Waals surface area contributed by atoms with Crippen molar-refractivity contribution in [1.29, 1.82) is 0 Å². The predicted octanol–water partition coefficient (Wildman–Crippen LogP) is 9.26. The van der Waals surface area contributed by atoms with E-state index in [9.17, 15) is 0 Å². The van der Waals surface area contributed by atoms with Crippen molar-refractivity contribution in [2.45, 2.75) is 0 Å². The number of para-hydroxylation sites is 2. The molecule has 0 N–H and O–H groups in total. The number of benzene rings is 5. The van der Waals surface area contributed by atoms with E-state index in [1.54, 1.807) is 0 Å². The molecule has 5 aromatic carbocycles. The van der Waals surface area contributed by atoms with Crippen LogP contribution in [0.2, 0.25) is 0 Å². The van der Waals surface area contributed by atoms with Gasteiger partial charge in [0, 0.05) is 44.4 Å². The van der Waals surface area contributed by atoms with E-state index >= 15 is 0 Å². The normalized spacial score (nSPS) is 11.6. The van der Waals surface area contributed by atoms with Crippen LogP contribution in [0, 0.1) is 0 Å². The molecule has 4 aromatic heterocycles. The molecule has 0 atom stereocenters. The largest absolute Gasteiger partial charge is 0.454 e. The zero-order valence-corrected chi connectivity index (χ0v) is 23.4. The summed E-state index contributed by atoms with van der Waals surface area (Å²) in [5.41, 5.74) is 6.44. The SMILES string of the molecule is c1ccc(-c2nc(-c3ccccc3)nc(-c3ccc(-n4c5ccccc5c5ccc6c7ccccc7oc6c54)nc3)n2)cc1. The summed E-state index contributed by atoms with van der Waals surface area (Å²) in [4.78, 5) is 19.5. The second-order valence-electron chi connectivity index (χ2n) is 10.7. The fourth-order valence-corrected chi connectivity index (χ4v) is 6.06. The molecule has 6 heteroatoms. The average molecular weight is 566 g/mol. The maximum Gasteiger partial charge on any atom is 0.165 e. The quantitative estimate of drug-likeness (QED) is 0.213. The highest BCUT2D eigenvalue weighted by Crippen LogP contribution is 2.40. The lowest BCUT2D eigenvalue weighted by Gasteiger charge is -2.10. The van der Waals surface area contributed by atoms with Crippen LogP contribution in [0.25, 0.3) is 83.7 Å². The van der Waals surface area contributed by atoms with Gasteiger partial charge in [-0.1, -0.05) is 103 Å². The summed E-state index contributed by atoms with van der Waals surface area (Å²) < 4.78 is 8.68. The van der Waals surface area contributed by atoms with Crippen molar-refractivity contribution in [3.8, 4) is 40.0 Å². The van der Waals surface area contributed by atoms with Crippen molar-refractivity contribution < 1.29 is 4.42 Å². The highest BCUT2D eigenvalue weighted by molar-refractivity contribution is 6.21. The number of fused-ring (bicyclic) bond motifs is 7. The molecule has 206 valence electrons. The van der Waals surface area contributed by atoms with E-state index in [4.69, 9.17) is 24.4 Å². The molecule has 0 fully saturated rings. The van der Waals surface area contributed by atoms with Crippen molar-refractivity contribution in [1.82, 2.24) is 24.5 Å². The van der Waals surface area contributed by atoms with Crippen LogP contribution < -0.4 is 0 Å². The molecular formula is C38H23N5O. The van der Waals surface area contributed by atoms with Gasteiger partial charge in [-0.05, 0) is 30.3 Å². The fourth-order valence-electron chi connectivity index (χ4n) is 6.06. The summed E-state index contributed by atoms with van der Waals surface area (Å²) in [7, 11) is 0. The summed E-state index contributed by atoms with van der Waals surface area (Å²) >= 11 is 0. The van der Waals surface area contributed by atoms with E-state index < -0.39 is 0 Å². The van der Waals surface area contributed by atoms with Crippen molar-refractivity contribution in [2.75, 3.05) is 0 Å². The number of rotatable bonds is 4. The molecule has 0 unspecified atom stereocenters. The first kappa shape index (κ1) is 24.5. The van der Waals surface area contributed by atoms with Crippen LogP contribution in [-0.4, -0.2) is 24.5 Å². The third-order valence-electron chi connectivity index (χ3n) is 8.11. The van der Waals surface area contributed by atoms with E-state index in [0.717, 1.165) is 66.3 Å². The molecule has 0 radical (unpaired) electrons. The molecule has 0 saturated carbocycles. The Kier molecular flexibility index (Phi) is 5.40. The van der Waals surface area contributed by atoms with Crippen molar-refractivity contribution in [3.05, 3.63) is 140 Å². The van der Waals surface area contributed by atoms with Crippen LogP contribution in [0.4, 0.5) is 0 Å². The minimum atomic E-state index is 0.568. The lowest BCUT2D eigenvalue weighted by Crippen LogP contribution is -2.01. The number of hydrogen-bond donors (Lipinski definition) is 0. The van der Waals surface area contributed by atoms with Gasteiger partial charge in [-0.25, -0.2) is 19.9 Å². The van der Waals surface area contributed by atoms with Crippen LogP contribution in [0.15, 0.2) is 144 Å². The molecule has 6 nitrogen and oxygen atoms in total. The van der Waals surface area contributed by atoms with E-state index in [1.807, 2.05) is 97.2 Å². The molecule has 0 aliphatic rings. The summed E-state index contributed by atoms with van der Waals surface area (Å²) in [6.07, 6.45) is 1.84.